The predicted molar refractivity (Wildman–Crippen MR) is 110 cm³/mol. The van der Waals surface area contributed by atoms with Crippen LogP contribution in [0.15, 0.2) is 0 Å². The molecule has 0 aliphatic carbocycles. The van der Waals surface area contributed by atoms with Crippen LogP contribution in [-0.2, 0) is 20.4 Å². The minimum absolute atomic E-state index is 0.206. The average molecular weight is 427 g/mol. The lowest BCUT2D eigenvalue weighted by atomic mass is 10.4. The molecule has 8 nitrogen and oxygen atoms in total. The Morgan fingerprint density at radius 2 is 0.889 bits per heavy atom. The van der Waals surface area contributed by atoms with Crippen molar-refractivity contribution in [3.05, 3.63) is 0 Å². The molecule has 1 rings (SSSR count). The van der Waals surface area contributed by atoms with Crippen molar-refractivity contribution in [2.24, 2.45) is 0 Å². The molecule has 0 radical (unpaired) electrons. The van der Waals surface area contributed by atoms with Crippen molar-refractivity contribution in [2.75, 3.05) is 52.4 Å². The molecule has 0 aromatic carbocycles. The third-order valence-electron chi connectivity index (χ3n) is 4.61. The van der Waals surface area contributed by atoms with E-state index in [1.807, 2.05) is 27.7 Å². The molecule has 162 valence electrons. The molecule has 27 heavy (non-hydrogen) atoms. The first kappa shape index (κ1) is 24.8. The normalized spacial score (nSPS) is 18.3. The molecule has 0 spiro atoms. The highest BCUT2D eigenvalue weighted by Crippen LogP contribution is 2.17. The van der Waals surface area contributed by atoms with Gasteiger partial charge < -0.3 is 0 Å². The van der Waals surface area contributed by atoms with Gasteiger partial charge in [0, 0.05) is 52.4 Å². The van der Waals surface area contributed by atoms with Crippen molar-refractivity contribution in [2.45, 2.75) is 59.8 Å². The van der Waals surface area contributed by atoms with Gasteiger partial charge in [-0.25, -0.2) is 0 Å². The summed E-state index contributed by atoms with van der Waals surface area (Å²) in [5.74, 6) is 0. The zero-order valence-electron chi connectivity index (χ0n) is 17.4. The summed E-state index contributed by atoms with van der Waals surface area (Å²) in [5, 5.41) is 0. The number of nitrogens with zero attached hydrogens (tertiary/aromatic N) is 4. The molecule has 0 unspecified atom stereocenters. The molecule has 0 aromatic rings. The fraction of sp³-hybridized carbons (Fsp3) is 1.00. The van der Waals surface area contributed by atoms with E-state index in [4.69, 9.17) is 0 Å². The van der Waals surface area contributed by atoms with Gasteiger partial charge in [-0.1, -0.05) is 27.7 Å². The van der Waals surface area contributed by atoms with E-state index in [0.717, 1.165) is 25.7 Å². The van der Waals surface area contributed by atoms with E-state index in [1.165, 1.54) is 17.2 Å². The zero-order valence-corrected chi connectivity index (χ0v) is 19.1. The Hall–Kier alpha value is -0.260. The van der Waals surface area contributed by atoms with Crippen molar-refractivity contribution in [1.82, 2.24) is 17.2 Å². The van der Waals surface area contributed by atoms with Crippen LogP contribution in [0.4, 0.5) is 0 Å². The van der Waals surface area contributed by atoms with E-state index < -0.39 is 20.4 Å². The smallest absolute Gasteiger partial charge is 0.195 e. The van der Waals surface area contributed by atoms with Gasteiger partial charge in [0.2, 0.25) is 0 Å². The van der Waals surface area contributed by atoms with Crippen LogP contribution in [-0.4, -0.2) is 86.4 Å². The molecular formula is C17H38N4O4S2. The van der Waals surface area contributed by atoms with Crippen LogP contribution in [0, 0.1) is 0 Å². The Labute approximate surface area is 166 Å². The van der Waals surface area contributed by atoms with E-state index in [1.54, 1.807) is 0 Å². The second kappa shape index (κ2) is 11.7. The zero-order chi connectivity index (χ0) is 20.5. The molecule has 1 heterocycles. The van der Waals surface area contributed by atoms with E-state index in [2.05, 4.69) is 0 Å². The van der Waals surface area contributed by atoms with Crippen molar-refractivity contribution in [3.8, 4) is 0 Å². The van der Waals surface area contributed by atoms with E-state index in [9.17, 15) is 16.8 Å². The predicted octanol–water partition coefficient (Wildman–Crippen LogP) is 1.73. The van der Waals surface area contributed by atoms with Crippen LogP contribution in [0.1, 0.15) is 59.8 Å². The highest BCUT2D eigenvalue weighted by atomic mass is 32.2. The first-order chi connectivity index (χ1) is 12.7. The van der Waals surface area contributed by atoms with Crippen LogP contribution in [0.2, 0.25) is 0 Å². The summed E-state index contributed by atoms with van der Waals surface area (Å²) in [6.45, 7) is 11.0. The topological polar surface area (TPSA) is 81.2 Å². The molecule has 0 amide bonds. The van der Waals surface area contributed by atoms with Gasteiger partial charge in [0.15, 0.2) is 0 Å². The molecule has 0 bridgehead atoms. The monoisotopic (exact) mass is 426 g/mol. The molecule has 1 saturated heterocycles. The fourth-order valence-electron chi connectivity index (χ4n) is 3.34. The summed E-state index contributed by atoms with van der Waals surface area (Å²) in [6.07, 6.45) is 3.55. The molecule has 0 N–H and O–H groups in total. The summed E-state index contributed by atoms with van der Waals surface area (Å²) >= 11 is 0. The van der Waals surface area contributed by atoms with Gasteiger partial charge in [0.1, 0.15) is 0 Å². The molecule has 0 saturated carbocycles. The number of hydrogen-bond acceptors (Lipinski definition) is 4. The van der Waals surface area contributed by atoms with Crippen LogP contribution < -0.4 is 0 Å². The second-order valence-corrected chi connectivity index (χ2v) is 10.8. The molecule has 1 aliphatic rings. The summed E-state index contributed by atoms with van der Waals surface area (Å²) in [5.41, 5.74) is 0. The minimum Gasteiger partial charge on any atom is -0.195 e. The van der Waals surface area contributed by atoms with Gasteiger partial charge in [0.05, 0.1) is 0 Å². The largest absolute Gasteiger partial charge is 0.282 e. The molecular weight excluding hydrogens is 388 g/mol. The summed E-state index contributed by atoms with van der Waals surface area (Å²) in [7, 11) is -7.10. The highest BCUT2D eigenvalue weighted by Gasteiger charge is 2.34. The van der Waals surface area contributed by atoms with Gasteiger partial charge in [-0.3, -0.25) is 0 Å². The van der Waals surface area contributed by atoms with Crippen LogP contribution in [0.25, 0.3) is 0 Å². The lowest BCUT2D eigenvalue weighted by Crippen LogP contribution is -2.48. The Morgan fingerprint density at radius 1 is 0.593 bits per heavy atom. The van der Waals surface area contributed by atoms with Crippen LogP contribution >= 0.6 is 0 Å². The SMILES string of the molecule is CCCN(CCC)S(=O)(=O)N1CCCN(S(=O)(=O)N(CCC)CCC)CC1. The number of rotatable bonds is 12. The maximum absolute atomic E-state index is 13.0. The highest BCUT2D eigenvalue weighted by molar-refractivity contribution is 7.87. The maximum atomic E-state index is 13.0. The third kappa shape index (κ3) is 6.64. The standard InChI is InChI=1S/C17H38N4O4S2/c1-5-10-18(11-6-2)26(22,23)20-14-9-15-21(17-16-20)27(24,25)19(12-7-3)13-8-4/h5-17H2,1-4H3. The first-order valence-corrected chi connectivity index (χ1v) is 13.0. The first-order valence-electron chi connectivity index (χ1n) is 10.3. The van der Waals surface area contributed by atoms with Crippen LogP contribution in [0.3, 0.4) is 0 Å². The van der Waals surface area contributed by atoms with Crippen molar-refractivity contribution in [1.29, 1.82) is 0 Å². The Bertz CT molecular complexity index is 559. The van der Waals surface area contributed by atoms with Gasteiger partial charge >= 0.3 is 0 Å². The maximum Gasteiger partial charge on any atom is 0.282 e. The van der Waals surface area contributed by atoms with E-state index in [0.29, 0.717) is 45.7 Å². The summed E-state index contributed by atoms with van der Waals surface area (Å²) < 4.78 is 57.9. The van der Waals surface area contributed by atoms with Crippen LogP contribution in [0.5, 0.6) is 0 Å². The Kier molecular flexibility index (Phi) is 10.7. The van der Waals surface area contributed by atoms with E-state index >= 15 is 0 Å². The molecule has 0 atom stereocenters. The van der Waals surface area contributed by atoms with Crippen molar-refractivity contribution < 1.29 is 16.8 Å². The van der Waals surface area contributed by atoms with Gasteiger partial charge in [-0.05, 0) is 32.1 Å². The molecule has 1 fully saturated rings. The van der Waals surface area contributed by atoms with Crippen molar-refractivity contribution in [3.63, 3.8) is 0 Å². The Balaban J connectivity index is 2.91. The molecule has 0 aromatic heterocycles. The van der Waals surface area contributed by atoms with Gasteiger partial charge in [-0.15, -0.1) is 0 Å². The van der Waals surface area contributed by atoms with Gasteiger partial charge in [-0.2, -0.15) is 34.1 Å². The third-order valence-corrected chi connectivity index (χ3v) is 8.68. The lowest BCUT2D eigenvalue weighted by Gasteiger charge is -2.30. The lowest BCUT2D eigenvalue weighted by molar-refractivity contribution is 0.327. The molecule has 10 heteroatoms. The van der Waals surface area contributed by atoms with E-state index in [-0.39, 0.29) is 13.1 Å². The van der Waals surface area contributed by atoms with Gasteiger partial charge in [0.25, 0.3) is 20.4 Å². The quantitative estimate of drug-likeness (QED) is 0.476. The summed E-state index contributed by atoms with van der Waals surface area (Å²) in [6, 6.07) is 0. The van der Waals surface area contributed by atoms with Crippen molar-refractivity contribution >= 4 is 20.4 Å². The fourth-order valence-corrected chi connectivity index (χ4v) is 6.99. The number of hydrogen-bond donors (Lipinski definition) is 0. The molecule has 1 aliphatic heterocycles. The minimum atomic E-state index is -3.55. The Morgan fingerprint density at radius 3 is 1.15 bits per heavy atom. The average Bonchev–Trinajstić information content (AvgIpc) is 2.88. The summed E-state index contributed by atoms with van der Waals surface area (Å²) in [4.78, 5) is 0. The second-order valence-electron chi connectivity index (χ2n) is 6.97.